The van der Waals surface area contributed by atoms with Crippen LogP contribution in [0.2, 0.25) is 0 Å². The summed E-state index contributed by atoms with van der Waals surface area (Å²) >= 11 is 0. The third kappa shape index (κ3) is 3.85. The van der Waals surface area contributed by atoms with Gasteiger partial charge in [-0.15, -0.1) is 0 Å². The fraction of sp³-hybridized carbons (Fsp3) is 0.333. The second-order valence-electron chi connectivity index (χ2n) is 5.25. The molecule has 0 aliphatic carbocycles. The van der Waals surface area contributed by atoms with Gasteiger partial charge in [0.05, 0.1) is 17.4 Å². The highest BCUT2D eigenvalue weighted by Gasteiger charge is 2.14. The molecule has 0 spiro atoms. The largest absolute Gasteiger partial charge is 0.369 e. The molecule has 2 aromatic rings. The number of nitrogens with zero attached hydrogens (tertiary/aromatic N) is 3. The van der Waals surface area contributed by atoms with Crippen molar-refractivity contribution in [1.82, 2.24) is 9.88 Å². The van der Waals surface area contributed by atoms with Crippen molar-refractivity contribution in [2.75, 3.05) is 25.0 Å². The fourth-order valence-electron chi connectivity index (χ4n) is 2.40. The van der Waals surface area contributed by atoms with Gasteiger partial charge in [-0.2, -0.15) is 0 Å². The second kappa shape index (κ2) is 7.59. The molecule has 4 nitrogen and oxygen atoms in total. The number of benzene rings is 1. The number of amides is 1. The Bertz CT molecular complexity index is 609. The van der Waals surface area contributed by atoms with E-state index < -0.39 is 0 Å². The zero-order chi connectivity index (χ0) is 15.9. The quantitative estimate of drug-likeness (QED) is 0.821. The molecule has 0 aliphatic rings. The van der Waals surface area contributed by atoms with Crippen LogP contribution in [0.25, 0.3) is 0 Å². The van der Waals surface area contributed by atoms with E-state index in [1.807, 2.05) is 45.2 Å². The molecule has 0 radical (unpaired) electrons. The van der Waals surface area contributed by atoms with Crippen LogP contribution in [0.15, 0.2) is 48.8 Å². The van der Waals surface area contributed by atoms with Crippen molar-refractivity contribution >= 4 is 11.6 Å². The summed E-state index contributed by atoms with van der Waals surface area (Å²) in [6, 6.07) is 12.2. The van der Waals surface area contributed by atoms with Gasteiger partial charge in [0.15, 0.2) is 0 Å². The van der Waals surface area contributed by atoms with Crippen LogP contribution in [0.5, 0.6) is 0 Å². The third-order valence-electron chi connectivity index (χ3n) is 3.72. The predicted molar refractivity (Wildman–Crippen MR) is 90.0 cm³/mol. The molecule has 0 saturated heterocycles. The number of rotatable bonds is 6. The minimum Gasteiger partial charge on any atom is -0.369 e. The first-order valence-electron chi connectivity index (χ1n) is 7.65. The van der Waals surface area contributed by atoms with E-state index in [4.69, 9.17) is 0 Å². The monoisotopic (exact) mass is 297 g/mol. The molecular weight excluding hydrogens is 274 g/mol. The number of hydrogen-bond acceptors (Lipinski definition) is 3. The summed E-state index contributed by atoms with van der Waals surface area (Å²) in [7, 11) is 2.01. The molecule has 1 amide bonds. The van der Waals surface area contributed by atoms with Gasteiger partial charge in [-0.1, -0.05) is 30.3 Å². The van der Waals surface area contributed by atoms with Gasteiger partial charge < -0.3 is 9.80 Å². The van der Waals surface area contributed by atoms with Crippen LogP contribution in [0.4, 0.5) is 5.69 Å². The van der Waals surface area contributed by atoms with Crippen LogP contribution in [0.3, 0.4) is 0 Å². The van der Waals surface area contributed by atoms with Crippen molar-refractivity contribution in [3.63, 3.8) is 0 Å². The molecule has 1 aromatic carbocycles. The molecule has 0 atom stereocenters. The molecule has 0 fully saturated rings. The Kier molecular flexibility index (Phi) is 5.53. The van der Waals surface area contributed by atoms with Gasteiger partial charge in [-0.3, -0.25) is 9.78 Å². The topological polar surface area (TPSA) is 36.4 Å². The molecule has 2 rings (SSSR count). The number of carbonyl (C=O) groups excluding carboxylic acids is 1. The Morgan fingerprint density at radius 1 is 1.09 bits per heavy atom. The lowest BCUT2D eigenvalue weighted by Gasteiger charge is -2.22. The van der Waals surface area contributed by atoms with Gasteiger partial charge in [0.25, 0.3) is 5.91 Å². The minimum absolute atomic E-state index is 0.0347. The first-order valence-corrected chi connectivity index (χ1v) is 7.65. The van der Waals surface area contributed by atoms with Crippen LogP contribution in [-0.4, -0.2) is 35.9 Å². The highest BCUT2D eigenvalue weighted by atomic mass is 16.2. The van der Waals surface area contributed by atoms with E-state index in [0.717, 1.165) is 12.2 Å². The smallest absolute Gasteiger partial charge is 0.255 e. The van der Waals surface area contributed by atoms with Crippen LogP contribution in [0.1, 0.15) is 29.8 Å². The summed E-state index contributed by atoms with van der Waals surface area (Å²) in [6.45, 7) is 6.17. The normalized spacial score (nSPS) is 10.3. The van der Waals surface area contributed by atoms with Gasteiger partial charge >= 0.3 is 0 Å². The van der Waals surface area contributed by atoms with Gasteiger partial charge in [-0.25, -0.2) is 0 Å². The molecule has 4 heteroatoms. The first-order chi connectivity index (χ1) is 10.7. The molecule has 1 aromatic heterocycles. The molecule has 0 unspecified atom stereocenters. The Morgan fingerprint density at radius 3 is 2.41 bits per heavy atom. The molecule has 22 heavy (non-hydrogen) atoms. The number of hydrogen-bond donors (Lipinski definition) is 0. The maximum Gasteiger partial charge on any atom is 0.255 e. The Hall–Kier alpha value is -2.36. The van der Waals surface area contributed by atoms with Crippen molar-refractivity contribution < 1.29 is 4.79 Å². The minimum atomic E-state index is 0.0347. The van der Waals surface area contributed by atoms with Gasteiger partial charge in [0, 0.05) is 32.9 Å². The molecule has 0 N–H and O–H groups in total. The van der Waals surface area contributed by atoms with Crippen LogP contribution in [0, 0.1) is 0 Å². The standard InChI is InChI=1S/C18H23N3O/c1-4-21(5-2)18(22)16-11-17(13-19-12-16)20(3)14-15-9-7-6-8-10-15/h6-13H,4-5,14H2,1-3H3. The Labute approximate surface area is 132 Å². The number of pyridine rings is 1. The lowest BCUT2D eigenvalue weighted by atomic mass is 10.2. The summed E-state index contributed by atoms with van der Waals surface area (Å²) in [4.78, 5) is 20.5. The summed E-state index contributed by atoms with van der Waals surface area (Å²) in [6.07, 6.45) is 3.43. The van der Waals surface area contributed by atoms with Crippen LogP contribution >= 0.6 is 0 Å². The van der Waals surface area contributed by atoms with E-state index >= 15 is 0 Å². The molecule has 0 aliphatic heterocycles. The fourth-order valence-corrected chi connectivity index (χ4v) is 2.40. The van der Waals surface area contributed by atoms with Crippen molar-refractivity contribution in [2.24, 2.45) is 0 Å². The van der Waals surface area contributed by atoms with Crippen molar-refractivity contribution in [2.45, 2.75) is 20.4 Å². The van der Waals surface area contributed by atoms with Crippen molar-refractivity contribution in [3.05, 3.63) is 59.9 Å². The van der Waals surface area contributed by atoms with E-state index in [1.165, 1.54) is 5.56 Å². The second-order valence-corrected chi connectivity index (χ2v) is 5.25. The van der Waals surface area contributed by atoms with E-state index in [1.54, 1.807) is 17.3 Å². The number of aromatic nitrogens is 1. The maximum atomic E-state index is 12.4. The first kappa shape index (κ1) is 16.0. The predicted octanol–water partition coefficient (Wildman–Crippen LogP) is 3.20. The molecule has 0 saturated carbocycles. The lowest BCUT2D eigenvalue weighted by Crippen LogP contribution is -2.30. The van der Waals surface area contributed by atoms with Gasteiger partial charge in [-0.05, 0) is 25.5 Å². The molecule has 1 heterocycles. The SMILES string of the molecule is CCN(CC)C(=O)c1cncc(N(C)Cc2ccccc2)c1. The Morgan fingerprint density at radius 2 is 1.77 bits per heavy atom. The number of carbonyl (C=O) groups is 1. The summed E-state index contributed by atoms with van der Waals surface area (Å²) in [5, 5.41) is 0. The molecular formula is C18H23N3O. The maximum absolute atomic E-state index is 12.4. The summed E-state index contributed by atoms with van der Waals surface area (Å²) in [5.41, 5.74) is 2.81. The van der Waals surface area contributed by atoms with Crippen LogP contribution in [-0.2, 0) is 6.54 Å². The zero-order valence-corrected chi connectivity index (χ0v) is 13.5. The third-order valence-corrected chi connectivity index (χ3v) is 3.72. The Balaban J connectivity index is 2.15. The highest BCUT2D eigenvalue weighted by molar-refractivity contribution is 5.94. The lowest BCUT2D eigenvalue weighted by molar-refractivity contribution is 0.0772. The average molecular weight is 297 g/mol. The van der Waals surface area contributed by atoms with E-state index in [9.17, 15) is 4.79 Å². The van der Waals surface area contributed by atoms with Crippen molar-refractivity contribution in [1.29, 1.82) is 0 Å². The van der Waals surface area contributed by atoms with Gasteiger partial charge in [0.1, 0.15) is 0 Å². The van der Waals surface area contributed by atoms with E-state index in [2.05, 4.69) is 22.0 Å². The van der Waals surface area contributed by atoms with E-state index in [0.29, 0.717) is 18.7 Å². The van der Waals surface area contributed by atoms with Crippen molar-refractivity contribution in [3.8, 4) is 0 Å². The molecule has 0 bridgehead atoms. The van der Waals surface area contributed by atoms with E-state index in [-0.39, 0.29) is 5.91 Å². The summed E-state index contributed by atoms with van der Waals surface area (Å²) < 4.78 is 0. The highest BCUT2D eigenvalue weighted by Crippen LogP contribution is 2.17. The molecule has 116 valence electrons. The zero-order valence-electron chi connectivity index (χ0n) is 13.5. The average Bonchev–Trinajstić information content (AvgIpc) is 2.57. The number of anilines is 1. The summed E-state index contributed by atoms with van der Waals surface area (Å²) in [5.74, 6) is 0.0347. The van der Waals surface area contributed by atoms with Gasteiger partial charge in [0.2, 0.25) is 0 Å². The van der Waals surface area contributed by atoms with Crippen LogP contribution < -0.4 is 4.90 Å².